The van der Waals surface area contributed by atoms with Gasteiger partial charge in [-0.15, -0.1) is 0 Å². The van der Waals surface area contributed by atoms with Gasteiger partial charge in [0.1, 0.15) is 12.3 Å². The summed E-state index contributed by atoms with van der Waals surface area (Å²) in [6, 6.07) is 16.4. The lowest BCUT2D eigenvalue weighted by molar-refractivity contribution is 0.0466. The van der Waals surface area contributed by atoms with Crippen molar-refractivity contribution in [2.75, 3.05) is 0 Å². The van der Waals surface area contributed by atoms with E-state index in [2.05, 4.69) is 25.8 Å². The van der Waals surface area contributed by atoms with E-state index < -0.39 is 5.97 Å². The van der Waals surface area contributed by atoms with E-state index in [0.717, 1.165) is 5.56 Å². The molecule has 0 bridgehead atoms. The highest BCUT2D eigenvalue weighted by Crippen LogP contribution is 2.22. The zero-order valence-electron chi connectivity index (χ0n) is 14.6. The Morgan fingerprint density at radius 1 is 1.04 bits per heavy atom. The maximum absolute atomic E-state index is 12.2. The van der Waals surface area contributed by atoms with Gasteiger partial charge in [0.25, 0.3) is 0 Å². The number of fused-ring (bicyclic) bond motifs is 1. The van der Waals surface area contributed by atoms with E-state index in [9.17, 15) is 9.59 Å². The summed E-state index contributed by atoms with van der Waals surface area (Å²) >= 11 is 0. The van der Waals surface area contributed by atoms with Gasteiger partial charge in [0.05, 0.1) is 0 Å². The van der Waals surface area contributed by atoms with Crippen LogP contribution in [0.15, 0.2) is 59.4 Å². The summed E-state index contributed by atoms with van der Waals surface area (Å²) in [6.07, 6.45) is 0. The van der Waals surface area contributed by atoms with Gasteiger partial charge in [0, 0.05) is 17.0 Å². The fourth-order valence-electron chi connectivity index (χ4n) is 2.63. The first kappa shape index (κ1) is 17.0. The fraction of sp³-hybridized carbons (Fsp3) is 0.238. The van der Waals surface area contributed by atoms with Crippen LogP contribution >= 0.6 is 0 Å². The Labute approximate surface area is 146 Å². The van der Waals surface area contributed by atoms with Crippen molar-refractivity contribution in [2.45, 2.75) is 32.8 Å². The molecule has 3 aromatic rings. The van der Waals surface area contributed by atoms with Crippen LogP contribution in [0, 0.1) is 0 Å². The summed E-state index contributed by atoms with van der Waals surface area (Å²) in [4.78, 5) is 27.3. The maximum atomic E-state index is 12.2. The van der Waals surface area contributed by atoms with Crippen LogP contribution in [0.25, 0.3) is 10.9 Å². The van der Waals surface area contributed by atoms with Gasteiger partial charge in [0.15, 0.2) is 5.43 Å². The molecule has 2 aromatic carbocycles. The Morgan fingerprint density at radius 2 is 1.72 bits per heavy atom. The Morgan fingerprint density at radius 3 is 2.40 bits per heavy atom. The molecule has 0 radical (unpaired) electrons. The average Bonchev–Trinajstić information content (AvgIpc) is 2.59. The number of benzene rings is 2. The molecule has 1 N–H and O–H groups in total. The van der Waals surface area contributed by atoms with Crippen molar-refractivity contribution in [3.8, 4) is 0 Å². The lowest BCUT2D eigenvalue weighted by atomic mass is 9.87. The number of carbonyl (C=O) groups is 1. The zero-order chi connectivity index (χ0) is 18.0. The van der Waals surface area contributed by atoms with Crippen molar-refractivity contribution in [2.24, 2.45) is 0 Å². The van der Waals surface area contributed by atoms with Gasteiger partial charge in [-0.2, -0.15) is 0 Å². The van der Waals surface area contributed by atoms with Crippen LogP contribution in [0.2, 0.25) is 0 Å². The van der Waals surface area contributed by atoms with Gasteiger partial charge in [-0.05, 0) is 28.7 Å². The number of rotatable bonds is 3. The van der Waals surface area contributed by atoms with Gasteiger partial charge in [-0.25, -0.2) is 4.79 Å². The Hall–Kier alpha value is -2.88. The first-order valence-electron chi connectivity index (χ1n) is 8.23. The van der Waals surface area contributed by atoms with Crippen LogP contribution in [0.5, 0.6) is 0 Å². The largest absolute Gasteiger partial charge is 0.456 e. The summed E-state index contributed by atoms with van der Waals surface area (Å²) in [5.74, 6) is -0.539. The average molecular weight is 335 g/mol. The summed E-state index contributed by atoms with van der Waals surface area (Å²) in [5.41, 5.74) is 2.80. The third kappa shape index (κ3) is 3.79. The minimum Gasteiger partial charge on any atom is -0.456 e. The summed E-state index contributed by atoms with van der Waals surface area (Å²) in [6.45, 7) is 6.62. The number of hydrogen-bond acceptors (Lipinski definition) is 3. The summed E-state index contributed by atoms with van der Waals surface area (Å²) in [5, 5.41) is 0.553. The van der Waals surface area contributed by atoms with E-state index in [1.54, 1.807) is 18.2 Å². The SMILES string of the molecule is CC(C)(C)c1ccc(COC(=O)c2cc(=O)c3ccccc3[nH]2)cc1. The third-order valence-corrected chi connectivity index (χ3v) is 4.15. The second kappa shape index (κ2) is 6.55. The second-order valence-corrected chi connectivity index (χ2v) is 7.12. The summed E-state index contributed by atoms with van der Waals surface area (Å²) in [7, 11) is 0. The van der Waals surface area contributed by atoms with E-state index in [0.29, 0.717) is 10.9 Å². The number of H-pyrrole nitrogens is 1. The molecule has 0 saturated heterocycles. The number of hydrogen-bond donors (Lipinski definition) is 1. The smallest absolute Gasteiger partial charge is 0.355 e. The lowest BCUT2D eigenvalue weighted by Gasteiger charge is -2.19. The van der Waals surface area contributed by atoms with Crippen molar-refractivity contribution >= 4 is 16.9 Å². The quantitative estimate of drug-likeness (QED) is 0.730. The molecule has 0 aliphatic rings. The first-order chi connectivity index (χ1) is 11.8. The van der Waals surface area contributed by atoms with E-state index in [1.807, 2.05) is 30.3 Å². The molecule has 0 spiro atoms. The van der Waals surface area contributed by atoms with Crippen molar-refractivity contribution < 1.29 is 9.53 Å². The maximum Gasteiger partial charge on any atom is 0.355 e. The molecule has 0 unspecified atom stereocenters. The molecule has 0 fully saturated rings. The fourth-order valence-corrected chi connectivity index (χ4v) is 2.63. The number of nitrogens with one attached hydrogen (secondary N) is 1. The van der Waals surface area contributed by atoms with Crippen LogP contribution < -0.4 is 5.43 Å². The molecule has 0 amide bonds. The van der Waals surface area contributed by atoms with Crippen LogP contribution in [0.3, 0.4) is 0 Å². The number of pyridine rings is 1. The predicted molar refractivity (Wildman–Crippen MR) is 98.8 cm³/mol. The van der Waals surface area contributed by atoms with Gasteiger partial charge >= 0.3 is 5.97 Å². The van der Waals surface area contributed by atoms with E-state index in [4.69, 9.17) is 4.74 Å². The highest BCUT2D eigenvalue weighted by Gasteiger charge is 2.14. The van der Waals surface area contributed by atoms with Crippen molar-refractivity contribution in [3.63, 3.8) is 0 Å². The van der Waals surface area contributed by atoms with Gasteiger partial charge in [-0.1, -0.05) is 57.2 Å². The van der Waals surface area contributed by atoms with Crippen molar-refractivity contribution in [1.29, 1.82) is 0 Å². The molecule has 0 aliphatic carbocycles. The molecular weight excluding hydrogens is 314 g/mol. The van der Waals surface area contributed by atoms with Crippen LogP contribution in [0.1, 0.15) is 42.4 Å². The van der Waals surface area contributed by atoms with E-state index >= 15 is 0 Å². The van der Waals surface area contributed by atoms with E-state index in [-0.39, 0.29) is 23.1 Å². The summed E-state index contributed by atoms with van der Waals surface area (Å²) < 4.78 is 5.33. The molecule has 4 heteroatoms. The molecule has 0 atom stereocenters. The number of aromatic nitrogens is 1. The monoisotopic (exact) mass is 335 g/mol. The molecule has 1 aromatic heterocycles. The molecular formula is C21H21NO3. The highest BCUT2D eigenvalue weighted by molar-refractivity contribution is 5.90. The number of para-hydroxylation sites is 1. The normalized spacial score (nSPS) is 11.5. The molecule has 25 heavy (non-hydrogen) atoms. The Balaban J connectivity index is 1.74. The van der Waals surface area contributed by atoms with Gasteiger partial charge in [-0.3, -0.25) is 4.79 Å². The Kier molecular flexibility index (Phi) is 4.45. The van der Waals surface area contributed by atoms with Crippen LogP contribution in [0.4, 0.5) is 0 Å². The molecule has 1 heterocycles. The number of esters is 1. The highest BCUT2D eigenvalue weighted by atomic mass is 16.5. The molecule has 0 aliphatic heterocycles. The van der Waals surface area contributed by atoms with Crippen molar-refractivity contribution in [3.05, 3.63) is 81.6 Å². The Bertz CT molecular complexity index is 963. The topological polar surface area (TPSA) is 59.2 Å². The standard InChI is InChI=1S/C21H21NO3/c1-21(2,3)15-10-8-14(9-11-15)13-25-20(24)18-12-19(23)16-6-4-5-7-17(16)22-18/h4-12H,13H2,1-3H3,(H,22,23). The molecule has 3 rings (SSSR count). The van der Waals surface area contributed by atoms with E-state index in [1.165, 1.54) is 11.6 Å². The zero-order valence-corrected chi connectivity index (χ0v) is 14.6. The third-order valence-electron chi connectivity index (χ3n) is 4.15. The number of aromatic amines is 1. The predicted octanol–water partition coefficient (Wildman–Crippen LogP) is 4.18. The molecule has 4 nitrogen and oxygen atoms in total. The molecule has 0 saturated carbocycles. The molecule has 128 valence electrons. The van der Waals surface area contributed by atoms with Gasteiger partial charge < -0.3 is 9.72 Å². The van der Waals surface area contributed by atoms with Crippen LogP contribution in [-0.2, 0) is 16.8 Å². The number of ether oxygens (including phenoxy) is 1. The number of carbonyl (C=O) groups excluding carboxylic acids is 1. The van der Waals surface area contributed by atoms with Crippen LogP contribution in [-0.4, -0.2) is 11.0 Å². The van der Waals surface area contributed by atoms with Gasteiger partial charge in [0.2, 0.25) is 0 Å². The minimum absolute atomic E-state index is 0.0831. The second-order valence-electron chi connectivity index (χ2n) is 7.12. The van der Waals surface area contributed by atoms with Crippen molar-refractivity contribution in [1.82, 2.24) is 4.98 Å². The lowest BCUT2D eigenvalue weighted by Crippen LogP contribution is -2.13. The minimum atomic E-state index is -0.539. The first-order valence-corrected chi connectivity index (χ1v) is 8.23.